The standard InChI is InChI=1S/C24H17ClN4O/c1-12-5-6-13(2)20-16(12)10-17(23(25)29-20)19-15-8-7-14-4-3-9-28-21(14)22(15)30-24(27)18(19)11-26/h3-10,19H,27H2,1-2H3/t19-/m0/s1. The molecule has 6 heteroatoms. The summed E-state index contributed by atoms with van der Waals surface area (Å²) in [7, 11) is 0. The maximum Gasteiger partial charge on any atom is 0.205 e. The van der Waals surface area contributed by atoms with Gasteiger partial charge in [-0.1, -0.05) is 41.9 Å². The maximum atomic E-state index is 9.89. The number of aromatic nitrogens is 2. The van der Waals surface area contributed by atoms with Crippen LogP contribution in [0.1, 0.15) is 28.2 Å². The van der Waals surface area contributed by atoms with Gasteiger partial charge in [-0.15, -0.1) is 0 Å². The van der Waals surface area contributed by atoms with Crippen molar-refractivity contribution < 1.29 is 4.74 Å². The molecule has 1 aliphatic heterocycles. The van der Waals surface area contributed by atoms with Crippen molar-refractivity contribution in [3.05, 3.63) is 87.5 Å². The van der Waals surface area contributed by atoms with E-state index in [0.717, 1.165) is 38.5 Å². The Morgan fingerprint density at radius 1 is 1.07 bits per heavy atom. The summed E-state index contributed by atoms with van der Waals surface area (Å²) in [5, 5.41) is 12.2. The van der Waals surface area contributed by atoms with Crippen LogP contribution in [0.3, 0.4) is 0 Å². The molecular weight excluding hydrogens is 396 g/mol. The predicted octanol–water partition coefficient (Wildman–Crippen LogP) is 5.27. The van der Waals surface area contributed by atoms with Crippen LogP contribution in [0.15, 0.2) is 60.1 Å². The molecule has 0 aliphatic carbocycles. The average Bonchev–Trinajstić information content (AvgIpc) is 2.75. The van der Waals surface area contributed by atoms with Gasteiger partial charge >= 0.3 is 0 Å². The summed E-state index contributed by atoms with van der Waals surface area (Å²) in [5.74, 6) is 0.117. The number of benzene rings is 2. The lowest BCUT2D eigenvalue weighted by Gasteiger charge is -2.27. The van der Waals surface area contributed by atoms with E-state index in [1.54, 1.807) is 6.20 Å². The highest BCUT2D eigenvalue weighted by Crippen LogP contribution is 2.46. The second-order valence-electron chi connectivity index (χ2n) is 7.45. The van der Waals surface area contributed by atoms with Gasteiger partial charge in [0.1, 0.15) is 22.3 Å². The van der Waals surface area contributed by atoms with E-state index < -0.39 is 5.92 Å². The first-order valence-corrected chi connectivity index (χ1v) is 9.89. The quantitative estimate of drug-likeness (QED) is 0.430. The van der Waals surface area contributed by atoms with E-state index in [0.29, 0.717) is 22.0 Å². The normalized spacial score (nSPS) is 15.7. The lowest BCUT2D eigenvalue weighted by molar-refractivity contribution is 0.397. The van der Waals surface area contributed by atoms with Gasteiger partial charge in [-0.05, 0) is 37.1 Å². The van der Waals surface area contributed by atoms with Crippen LogP contribution in [0.2, 0.25) is 5.15 Å². The van der Waals surface area contributed by atoms with Crippen molar-refractivity contribution in [1.82, 2.24) is 9.97 Å². The fraction of sp³-hybridized carbons (Fsp3) is 0.125. The van der Waals surface area contributed by atoms with Gasteiger partial charge < -0.3 is 10.5 Å². The summed E-state index contributed by atoms with van der Waals surface area (Å²) in [5.41, 5.74) is 11.7. The monoisotopic (exact) mass is 412 g/mol. The predicted molar refractivity (Wildman–Crippen MR) is 117 cm³/mol. The number of halogens is 1. The number of allylic oxidation sites excluding steroid dienone is 1. The Morgan fingerprint density at radius 2 is 1.87 bits per heavy atom. The summed E-state index contributed by atoms with van der Waals surface area (Å²) in [4.78, 5) is 9.15. The molecule has 3 heterocycles. The van der Waals surface area contributed by atoms with E-state index >= 15 is 0 Å². The van der Waals surface area contributed by atoms with Crippen LogP contribution < -0.4 is 10.5 Å². The first-order chi connectivity index (χ1) is 14.5. The molecule has 2 aromatic carbocycles. The van der Waals surface area contributed by atoms with Crippen LogP contribution in [-0.2, 0) is 0 Å². The van der Waals surface area contributed by atoms with Crippen molar-refractivity contribution in [1.29, 1.82) is 5.26 Å². The SMILES string of the molecule is Cc1ccc(C)c2nc(Cl)c([C@H]3C(C#N)=C(N)Oc4c3ccc3cccnc43)cc12. The summed E-state index contributed by atoms with van der Waals surface area (Å²) in [6.07, 6.45) is 1.71. The van der Waals surface area contributed by atoms with E-state index in [4.69, 9.17) is 22.1 Å². The topological polar surface area (TPSA) is 84.8 Å². The lowest BCUT2D eigenvalue weighted by Crippen LogP contribution is -2.21. The van der Waals surface area contributed by atoms with Crippen LogP contribution >= 0.6 is 11.6 Å². The summed E-state index contributed by atoms with van der Waals surface area (Å²) in [6, 6.07) is 16.0. The van der Waals surface area contributed by atoms with Crippen LogP contribution in [-0.4, -0.2) is 9.97 Å². The Bertz CT molecular complexity index is 1440. The molecule has 0 saturated carbocycles. The Balaban J connectivity index is 1.85. The molecule has 30 heavy (non-hydrogen) atoms. The summed E-state index contributed by atoms with van der Waals surface area (Å²) >= 11 is 6.68. The molecule has 0 fully saturated rings. The minimum absolute atomic E-state index is 0.0604. The molecule has 0 spiro atoms. The van der Waals surface area contributed by atoms with Gasteiger partial charge in [0, 0.05) is 28.1 Å². The zero-order chi connectivity index (χ0) is 21.0. The fourth-order valence-electron chi connectivity index (χ4n) is 4.10. The number of aryl methyl sites for hydroxylation is 2. The number of hydrogen-bond acceptors (Lipinski definition) is 5. The highest BCUT2D eigenvalue weighted by molar-refractivity contribution is 6.30. The number of fused-ring (bicyclic) bond motifs is 4. The highest BCUT2D eigenvalue weighted by atomic mass is 35.5. The number of pyridine rings is 2. The van der Waals surface area contributed by atoms with Gasteiger partial charge in [-0.2, -0.15) is 5.26 Å². The molecule has 0 amide bonds. The van der Waals surface area contributed by atoms with Gasteiger partial charge in [0.05, 0.1) is 11.4 Å². The Hall–Kier alpha value is -3.62. The molecule has 0 saturated heterocycles. The molecule has 1 atom stereocenters. The van der Waals surface area contributed by atoms with Gasteiger partial charge in [-0.25, -0.2) is 4.98 Å². The third kappa shape index (κ3) is 2.62. The van der Waals surface area contributed by atoms with Crippen LogP contribution in [0.4, 0.5) is 0 Å². The first-order valence-electron chi connectivity index (χ1n) is 9.51. The highest BCUT2D eigenvalue weighted by Gasteiger charge is 2.34. The number of ether oxygens (including phenoxy) is 1. The summed E-state index contributed by atoms with van der Waals surface area (Å²) in [6.45, 7) is 4.04. The minimum atomic E-state index is -0.491. The van der Waals surface area contributed by atoms with Crippen molar-refractivity contribution in [3.63, 3.8) is 0 Å². The fourth-order valence-corrected chi connectivity index (χ4v) is 4.35. The van der Waals surface area contributed by atoms with Crippen LogP contribution in [0, 0.1) is 25.2 Å². The van der Waals surface area contributed by atoms with E-state index in [1.807, 2.05) is 50.2 Å². The Morgan fingerprint density at radius 3 is 2.67 bits per heavy atom. The number of rotatable bonds is 1. The molecule has 1 aliphatic rings. The second kappa shape index (κ2) is 6.72. The van der Waals surface area contributed by atoms with Crippen molar-refractivity contribution in [3.8, 4) is 11.8 Å². The largest absolute Gasteiger partial charge is 0.438 e. The number of nitrogens with zero attached hydrogens (tertiary/aromatic N) is 3. The van der Waals surface area contributed by atoms with Crippen molar-refractivity contribution in [2.75, 3.05) is 0 Å². The average molecular weight is 413 g/mol. The van der Waals surface area contributed by atoms with E-state index in [-0.39, 0.29) is 5.88 Å². The number of hydrogen-bond donors (Lipinski definition) is 1. The van der Waals surface area contributed by atoms with Crippen molar-refractivity contribution >= 4 is 33.4 Å². The van der Waals surface area contributed by atoms with Crippen LogP contribution in [0.25, 0.3) is 21.8 Å². The maximum absolute atomic E-state index is 9.89. The first kappa shape index (κ1) is 18.4. The third-order valence-electron chi connectivity index (χ3n) is 5.65. The number of nitriles is 1. The minimum Gasteiger partial charge on any atom is -0.438 e. The van der Waals surface area contributed by atoms with Gasteiger partial charge in [-0.3, -0.25) is 4.98 Å². The Kier molecular flexibility index (Phi) is 4.12. The van der Waals surface area contributed by atoms with E-state index in [2.05, 4.69) is 22.1 Å². The molecule has 4 aromatic rings. The molecule has 2 N–H and O–H groups in total. The molecule has 0 radical (unpaired) electrons. The van der Waals surface area contributed by atoms with Crippen molar-refractivity contribution in [2.45, 2.75) is 19.8 Å². The molecule has 0 unspecified atom stereocenters. The van der Waals surface area contributed by atoms with Crippen molar-refractivity contribution in [2.24, 2.45) is 5.73 Å². The molecule has 0 bridgehead atoms. The zero-order valence-electron chi connectivity index (χ0n) is 16.4. The lowest BCUT2D eigenvalue weighted by atomic mass is 9.83. The molecule has 5 nitrogen and oxygen atoms in total. The van der Waals surface area contributed by atoms with Gasteiger partial charge in [0.15, 0.2) is 5.75 Å². The Labute approximate surface area is 178 Å². The van der Waals surface area contributed by atoms with E-state index in [9.17, 15) is 5.26 Å². The molecule has 5 rings (SSSR count). The van der Waals surface area contributed by atoms with Crippen LogP contribution in [0.5, 0.6) is 5.75 Å². The van der Waals surface area contributed by atoms with Gasteiger partial charge in [0.25, 0.3) is 0 Å². The summed E-state index contributed by atoms with van der Waals surface area (Å²) < 4.78 is 5.88. The third-order valence-corrected chi connectivity index (χ3v) is 5.95. The smallest absolute Gasteiger partial charge is 0.205 e. The second-order valence-corrected chi connectivity index (χ2v) is 7.81. The molecule has 2 aromatic heterocycles. The molecule has 146 valence electrons. The molecular formula is C24H17ClN4O. The zero-order valence-corrected chi connectivity index (χ0v) is 17.2. The number of nitrogens with two attached hydrogens (primary N) is 1. The van der Waals surface area contributed by atoms with Gasteiger partial charge in [0.2, 0.25) is 5.88 Å². The van der Waals surface area contributed by atoms with E-state index in [1.165, 1.54) is 0 Å².